The first kappa shape index (κ1) is 15.5. The molecule has 0 aliphatic carbocycles. The second-order valence-corrected chi connectivity index (χ2v) is 5.33. The van der Waals surface area contributed by atoms with Crippen molar-refractivity contribution in [3.05, 3.63) is 65.5 Å². The van der Waals surface area contributed by atoms with E-state index < -0.39 is 0 Å². The van der Waals surface area contributed by atoms with Crippen molar-refractivity contribution >= 4 is 0 Å². The van der Waals surface area contributed by atoms with Crippen LogP contribution in [0.1, 0.15) is 30.4 Å². The van der Waals surface area contributed by atoms with Gasteiger partial charge >= 0.3 is 0 Å². The highest BCUT2D eigenvalue weighted by Crippen LogP contribution is 2.22. The zero-order chi connectivity index (χ0) is 15.1. The lowest BCUT2D eigenvalue weighted by molar-refractivity contribution is 0.474. The molecule has 0 amide bonds. The summed E-state index contributed by atoms with van der Waals surface area (Å²) in [6.45, 7) is 3.95. The van der Waals surface area contributed by atoms with E-state index in [1.807, 2.05) is 24.3 Å². The van der Waals surface area contributed by atoms with Crippen molar-refractivity contribution in [3.8, 4) is 5.75 Å². The van der Waals surface area contributed by atoms with Gasteiger partial charge in [0, 0.05) is 12.5 Å². The average Bonchev–Trinajstić information content (AvgIpc) is 2.47. The Morgan fingerprint density at radius 1 is 1.14 bits per heavy atom. The second kappa shape index (κ2) is 7.79. The Bertz CT molecular complexity index is 553. The predicted molar refractivity (Wildman–Crippen MR) is 84.1 cm³/mol. The molecule has 0 spiro atoms. The SMILES string of the molecule is CCCNCC(Cc1cccc(O)c1)c1ccc(F)cc1. The van der Waals surface area contributed by atoms with E-state index in [-0.39, 0.29) is 17.5 Å². The molecule has 0 aliphatic rings. The van der Waals surface area contributed by atoms with Gasteiger partial charge in [0.2, 0.25) is 0 Å². The van der Waals surface area contributed by atoms with Gasteiger partial charge in [-0.1, -0.05) is 31.2 Å². The highest BCUT2D eigenvalue weighted by atomic mass is 19.1. The smallest absolute Gasteiger partial charge is 0.123 e. The quantitative estimate of drug-likeness (QED) is 0.758. The monoisotopic (exact) mass is 287 g/mol. The number of benzene rings is 2. The topological polar surface area (TPSA) is 32.3 Å². The van der Waals surface area contributed by atoms with Crippen LogP contribution < -0.4 is 5.32 Å². The lowest BCUT2D eigenvalue weighted by atomic mass is 9.91. The fourth-order valence-corrected chi connectivity index (χ4v) is 2.46. The number of rotatable bonds is 7. The van der Waals surface area contributed by atoms with Crippen molar-refractivity contribution in [2.24, 2.45) is 0 Å². The molecule has 0 fully saturated rings. The molecular formula is C18H22FNO. The summed E-state index contributed by atoms with van der Waals surface area (Å²) in [5.74, 6) is 0.335. The first-order valence-electron chi connectivity index (χ1n) is 7.43. The largest absolute Gasteiger partial charge is 0.508 e. The Balaban J connectivity index is 2.13. The Kier molecular flexibility index (Phi) is 5.76. The fraction of sp³-hybridized carbons (Fsp3) is 0.333. The van der Waals surface area contributed by atoms with Crippen LogP contribution in [0.4, 0.5) is 4.39 Å². The number of halogens is 1. The van der Waals surface area contributed by atoms with Crippen molar-refractivity contribution in [2.75, 3.05) is 13.1 Å². The highest BCUT2D eigenvalue weighted by Gasteiger charge is 2.12. The zero-order valence-electron chi connectivity index (χ0n) is 12.3. The molecule has 0 bridgehead atoms. The van der Waals surface area contributed by atoms with Crippen LogP contribution in [-0.2, 0) is 6.42 Å². The molecule has 0 aromatic heterocycles. The minimum atomic E-state index is -0.212. The maximum atomic E-state index is 13.1. The van der Waals surface area contributed by atoms with Crippen molar-refractivity contribution in [1.29, 1.82) is 0 Å². The lowest BCUT2D eigenvalue weighted by Crippen LogP contribution is -2.23. The van der Waals surface area contributed by atoms with Gasteiger partial charge in [-0.05, 0) is 54.8 Å². The summed E-state index contributed by atoms with van der Waals surface area (Å²) >= 11 is 0. The van der Waals surface area contributed by atoms with Gasteiger partial charge in [-0.15, -0.1) is 0 Å². The first-order chi connectivity index (χ1) is 10.2. The summed E-state index contributed by atoms with van der Waals surface area (Å²) in [7, 11) is 0. The van der Waals surface area contributed by atoms with E-state index in [0.717, 1.165) is 37.1 Å². The summed E-state index contributed by atoms with van der Waals surface area (Å²) < 4.78 is 13.1. The molecule has 2 nitrogen and oxygen atoms in total. The van der Waals surface area contributed by atoms with Crippen LogP contribution in [0.2, 0.25) is 0 Å². The summed E-state index contributed by atoms with van der Waals surface area (Å²) in [5, 5.41) is 13.0. The molecule has 0 radical (unpaired) electrons. The molecule has 2 rings (SSSR count). The minimum Gasteiger partial charge on any atom is -0.508 e. The molecule has 1 unspecified atom stereocenters. The molecule has 112 valence electrons. The molecular weight excluding hydrogens is 265 g/mol. The van der Waals surface area contributed by atoms with E-state index in [0.29, 0.717) is 0 Å². The molecule has 2 N–H and O–H groups in total. The summed E-state index contributed by atoms with van der Waals surface area (Å²) in [5.41, 5.74) is 2.20. The predicted octanol–water partition coefficient (Wildman–Crippen LogP) is 3.86. The Morgan fingerprint density at radius 2 is 1.90 bits per heavy atom. The Labute approximate surface area is 125 Å². The Morgan fingerprint density at radius 3 is 2.57 bits per heavy atom. The Hall–Kier alpha value is -1.87. The van der Waals surface area contributed by atoms with Crippen molar-refractivity contribution in [2.45, 2.75) is 25.7 Å². The molecule has 3 heteroatoms. The number of hydrogen-bond acceptors (Lipinski definition) is 2. The molecule has 0 aliphatic heterocycles. The first-order valence-corrected chi connectivity index (χ1v) is 7.43. The summed E-state index contributed by atoms with van der Waals surface area (Å²) in [6.07, 6.45) is 1.90. The van der Waals surface area contributed by atoms with Gasteiger partial charge in [-0.25, -0.2) is 4.39 Å². The molecule has 0 heterocycles. The molecule has 2 aromatic rings. The third-order valence-corrected chi connectivity index (χ3v) is 3.55. The maximum absolute atomic E-state index is 13.1. The number of nitrogens with one attached hydrogen (secondary N) is 1. The van der Waals surface area contributed by atoms with Gasteiger partial charge in [0.05, 0.1) is 0 Å². The highest BCUT2D eigenvalue weighted by molar-refractivity contribution is 5.30. The molecule has 0 saturated heterocycles. The van der Waals surface area contributed by atoms with E-state index in [9.17, 15) is 9.50 Å². The molecule has 21 heavy (non-hydrogen) atoms. The van der Waals surface area contributed by atoms with Gasteiger partial charge < -0.3 is 10.4 Å². The van der Waals surface area contributed by atoms with E-state index in [1.54, 1.807) is 12.1 Å². The van der Waals surface area contributed by atoms with Crippen LogP contribution in [-0.4, -0.2) is 18.2 Å². The standard InChI is InChI=1S/C18H22FNO/c1-2-10-20-13-16(15-6-8-17(19)9-7-15)11-14-4-3-5-18(21)12-14/h3-9,12,16,20-21H,2,10-11,13H2,1H3. The van der Waals surface area contributed by atoms with Crippen molar-refractivity contribution < 1.29 is 9.50 Å². The third kappa shape index (κ3) is 4.87. The average molecular weight is 287 g/mol. The van der Waals surface area contributed by atoms with E-state index in [2.05, 4.69) is 12.2 Å². The van der Waals surface area contributed by atoms with E-state index in [1.165, 1.54) is 12.1 Å². The van der Waals surface area contributed by atoms with Crippen LogP contribution in [0.25, 0.3) is 0 Å². The van der Waals surface area contributed by atoms with Gasteiger partial charge in [0.25, 0.3) is 0 Å². The summed E-state index contributed by atoms with van der Waals surface area (Å²) in [6, 6.07) is 14.0. The van der Waals surface area contributed by atoms with Crippen LogP contribution in [0.5, 0.6) is 5.75 Å². The van der Waals surface area contributed by atoms with Gasteiger partial charge in [-0.3, -0.25) is 0 Å². The van der Waals surface area contributed by atoms with Gasteiger partial charge in [0.1, 0.15) is 11.6 Å². The van der Waals surface area contributed by atoms with Crippen LogP contribution >= 0.6 is 0 Å². The molecule has 2 aromatic carbocycles. The number of phenols is 1. The summed E-state index contributed by atoms with van der Waals surface area (Å²) in [4.78, 5) is 0. The second-order valence-electron chi connectivity index (χ2n) is 5.33. The van der Waals surface area contributed by atoms with Crippen molar-refractivity contribution in [1.82, 2.24) is 5.32 Å². The van der Waals surface area contributed by atoms with Crippen LogP contribution in [0.3, 0.4) is 0 Å². The van der Waals surface area contributed by atoms with Crippen LogP contribution in [0, 0.1) is 5.82 Å². The molecule has 0 saturated carbocycles. The minimum absolute atomic E-state index is 0.212. The number of hydrogen-bond donors (Lipinski definition) is 2. The van der Waals surface area contributed by atoms with E-state index in [4.69, 9.17) is 0 Å². The number of aromatic hydroxyl groups is 1. The van der Waals surface area contributed by atoms with Crippen molar-refractivity contribution in [3.63, 3.8) is 0 Å². The normalized spacial score (nSPS) is 12.3. The third-order valence-electron chi connectivity index (χ3n) is 3.55. The maximum Gasteiger partial charge on any atom is 0.123 e. The van der Waals surface area contributed by atoms with Gasteiger partial charge in [-0.2, -0.15) is 0 Å². The van der Waals surface area contributed by atoms with Crippen LogP contribution in [0.15, 0.2) is 48.5 Å². The number of phenolic OH excluding ortho intramolecular Hbond substituents is 1. The molecule has 1 atom stereocenters. The zero-order valence-corrected chi connectivity index (χ0v) is 12.3. The van der Waals surface area contributed by atoms with Gasteiger partial charge in [0.15, 0.2) is 0 Å². The van der Waals surface area contributed by atoms with E-state index >= 15 is 0 Å². The fourth-order valence-electron chi connectivity index (χ4n) is 2.46. The lowest BCUT2D eigenvalue weighted by Gasteiger charge is -2.18.